The molecule has 5 aromatic rings. The van der Waals surface area contributed by atoms with Crippen LogP contribution in [0.2, 0.25) is 5.02 Å². The van der Waals surface area contributed by atoms with Crippen molar-refractivity contribution in [1.82, 2.24) is 0 Å². The molecule has 0 saturated carbocycles. The fraction of sp³-hybridized carbons (Fsp3) is 0.0345. The van der Waals surface area contributed by atoms with Crippen molar-refractivity contribution < 1.29 is 13.9 Å². The lowest BCUT2D eigenvalue weighted by atomic mass is 10.1. The maximum Gasteiger partial charge on any atom is 0.343 e. The van der Waals surface area contributed by atoms with Gasteiger partial charge in [0, 0.05) is 22.0 Å². The highest BCUT2D eigenvalue weighted by Gasteiger charge is 2.09. The number of carbonyl (C=O) groups excluding carboxylic acids is 1. The quantitative estimate of drug-likeness (QED) is 0.204. The number of hydrogen-bond acceptors (Lipinski definition) is 4. The van der Waals surface area contributed by atoms with Gasteiger partial charge in [-0.25, -0.2) is 9.79 Å². The average Bonchev–Trinajstić information content (AvgIpc) is 2.86. The van der Waals surface area contributed by atoms with Crippen LogP contribution < -0.4 is 10.1 Å². The molecule has 4 aromatic carbocycles. The zero-order valence-corrected chi connectivity index (χ0v) is 19.1. The number of carbonyl (C=O) groups is 1. The molecule has 0 atom stereocenters. The zero-order chi connectivity index (χ0) is 23.5. The Labute approximate surface area is 201 Å². The molecule has 4 nitrogen and oxygen atoms in total. The Bertz CT molecular complexity index is 1540. The normalized spacial score (nSPS) is 11.5. The van der Waals surface area contributed by atoms with E-state index in [9.17, 15) is 4.79 Å². The lowest BCUT2D eigenvalue weighted by Gasteiger charge is -2.06. The van der Waals surface area contributed by atoms with Crippen LogP contribution in [-0.2, 0) is 0 Å². The summed E-state index contributed by atoms with van der Waals surface area (Å²) in [5, 5.41) is 2.14. The molecule has 0 bridgehead atoms. The minimum atomic E-state index is -0.400. The molecule has 0 saturated heterocycles. The molecule has 0 spiro atoms. The highest BCUT2D eigenvalue weighted by molar-refractivity contribution is 6.31. The van der Waals surface area contributed by atoms with E-state index in [1.54, 1.807) is 42.5 Å². The Balaban J connectivity index is 1.49. The van der Waals surface area contributed by atoms with Crippen molar-refractivity contribution in [3.05, 3.63) is 125 Å². The number of fused-ring (bicyclic) bond motifs is 1. The fourth-order valence-electron chi connectivity index (χ4n) is 3.56. The molecule has 0 radical (unpaired) electrons. The SMILES string of the molecule is Cc1ccc(C(=O)Oc2ccc(N=c3cc(-c4ccccc4)oc4ccc(Cl)cc34)cc2)cc1. The number of benzene rings is 4. The average molecular weight is 466 g/mol. The number of nitrogens with zero attached hydrogens (tertiary/aromatic N) is 1. The van der Waals surface area contributed by atoms with Gasteiger partial charge in [-0.1, -0.05) is 59.6 Å². The lowest BCUT2D eigenvalue weighted by molar-refractivity contribution is 0.0735. The summed E-state index contributed by atoms with van der Waals surface area (Å²) < 4.78 is 11.6. The Morgan fingerprint density at radius 3 is 2.32 bits per heavy atom. The van der Waals surface area contributed by atoms with Gasteiger partial charge >= 0.3 is 5.97 Å². The van der Waals surface area contributed by atoms with Crippen molar-refractivity contribution in [3.63, 3.8) is 0 Å². The summed E-state index contributed by atoms with van der Waals surface area (Å²) in [5.41, 5.74) is 3.94. The maximum absolute atomic E-state index is 12.4. The van der Waals surface area contributed by atoms with Crippen molar-refractivity contribution >= 4 is 34.2 Å². The van der Waals surface area contributed by atoms with Gasteiger partial charge < -0.3 is 9.15 Å². The third-order valence-electron chi connectivity index (χ3n) is 5.35. The first-order valence-electron chi connectivity index (χ1n) is 10.8. The van der Waals surface area contributed by atoms with Crippen molar-refractivity contribution in [3.8, 4) is 17.1 Å². The summed E-state index contributed by atoms with van der Waals surface area (Å²) in [7, 11) is 0. The van der Waals surface area contributed by atoms with E-state index >= 15 is 0 Å². The van der Waals surface area contributed by atoms with Gasteiger partial charge in [-0.15, -0.1) is 0 Å². The second kappa shape index (κ2) is 9.38. The molecule has 0 amide bonds. The van der Waals surface area contributed by atoms with E-state index in [2.05, 4.69) is 0 Å². The zero-order valence-electron chi connectivity index (χ0n) is 18.4. The molecule has 0 aliphatic heterocycles. The van der Waals surface area contributed by atoms with Crippen LogP contribution in [0.3, 0.4) is 0 Å². The van der Waals surface area contributed by atoms with Gasteiger partial charge in [0.25, 0.3) is 0 Å². The van der Waals surface area contributed by atoms with Crippen molar-refractivity contribution in [2.24, 2.45) is 4.99 Å². The van der Waals surface area contributed by atoms with Crippen LogP contribution in [0.5, 0.6) is 5.75 Å². The van der Waals surface area contributed by atoms with Crippen LogP contribution in [0, 0.1) is 6.92 Å². The van der Waals surface area contributed by atoms with Crippen LogP contribution in [0.25, 0.3) is 22.3 Å². The highest BCUT2D eigenvalue weighted by Crippen LogP contribution is 2.25. The minimum absolute atomic E-state index is 0.400. The summed E-state index contributed by atoms with van der Waals surface area (Å²) in [6, 6.07) is 31.6. The van der Waals surface area contributed by atoms with E-state index < -0.39 is 5.97 Å². The molecule has 0 fully saturated rings. The Morgan fingerprint density at radius 1 is 0.853 bits per heavy atom. The van der Waals surface area contributed by atoms with E-state index in [0.717, 1.165) is 21.9 Å². The van der Waals surface area contributed by atoms with E-state index in [4.69, 9.17) is 25.7 Å². The first-order valence-corrected chi connectivity index (χ1v) is 11.2. The third-order valence-corrected chi connectivity index (χ3v) is 5.58. The first kappa shape index (κ1) is 21.7. The van der Waals surface area contributed by atoms with E-state index in [-0.39, 0.29) is 0 Å². The third kappa shape index (κ3) is 4.77. The standard InChI is InChI=1S/C29H20ClNO3/c1-19-7-9-21(10-8-19)29(32)33-24-14-12-23(13-15-24)31-26-18-28(20-5-3-2-4-6-20)34-27-16-11-22(30)17-25(26)27/h2-18H,1H3. The lowest BCUT2D eigenvalue weighted by Crippen LogP contribution is -2.08. The van der Waals surface area contributed by atoms with Gasteiger partial charge in [0.2, 0.25) is 0 Å². The molecule has 0 N–H and O–H groups in total. The summed E-state index contributed by atoms with van der Waals surface area (Å²) >= 11 is 6.25. The van der Waals surface area contributed by atoms with Crippen LogP contribution in [0.1, 0.15) is 15.9 Å². The minimum Gasteiger partial charge on any atom is -0.456 e. The molecular weight excluding hydrogens is 446 g/mol. The van der Waals surface area contributed by atoms with Gasteiger partial charge in [0.15, 0.2) is 0 Å². The smallest absolute Gasteiger partial charge is 0.343 e. The highest BCUT2D eigenvalue weighted by atomic mass is 35.5. The predicted molar refractivity (Wildman–Crippen MR) is 134 cm³/mol. The predicted octanol–water partition coefficient (Wildman–Crippen LogP) is 7.51. The Hall–Kier alpha value is -4.15. The van der Waals surface area contributed by atoms with Crippen molar-refractivity contribution in [2.75, 3.05) is 0 Å². The summed E-state index contributed by atoms with van der Waals surface area (Å²) in [5.74, 6) is 0.755. The van der Waals surface area contributed by atoms with Gasteiger partial charge in [0.1, 0.15) is 17.1 Å². The number of aryl methyl sites for hydroxylation is 1. The van der Waals surface area contributed by atoms with Crippen molar-refractivity contribution in [1.29, 1.82) is 0 Å². The van der Waals surface area contributed by atoms with E-state index in [0.29, 0.717) is 33.4 Å². The molecule has 0 aliphatic carbocycles. The maximum atomic E-state index is 12.4. The second-order valence-corrected chi connectivity index (χ2v) is 8.30. The Morgan fingerprint density at radius 2 is 1.59 bits per heavy atom. The topological polar surface area (TPSA) is 51.8 Å². The van der Waals surface area contributed by atoms with Crippen LogP contribution in [-0.4, -0.2) is 5.97 Å². The van der Waals surface area contributed by atoms with Crippen LogP contribution >= 0.6 is 11.6 Å². The van der Waals surface area contributed by atoms with E-state index in [1.165, 1.54) is 0 Å². The summed E-state index contributed by atoms with van der Waals surface area (Å²) in [4.78, 5) is 17.2. The fourth-order valence-corrected chi connectivity index (χ4v) is 3.73. The van der Waals surface area contributed by atoms with Gasteiger partial charge in [-0.2, -0.15) is 0 Å². The number of ether oxygens (including phenoxy) is 1. The Kier molecular flexibility index (Phi) is 5.98. The second-order valence-electron chi connectivity index (χ2n) is 7.86. The molecule has 166 valence electrons. The summed E-state index contributed by atoms with van der Waals surface area (Å²) in [6.07, 6.45) is 0. The number of rotatable bonds is 4. The van der Waals surface area contributed by atoms with Gasteiger partial charge in [0.05, 0.1) is 16.6 Å². The van der Waals surface area contributed by atoms with Crippen LogP contribution in [0.4, 0.5) is 5.69 Å². The van der Waals surface area contributed by atoms with Gasteiger partial charge in [-0.05, 0) is 61.5 Å². The molecular formula is C29H20ClNO3. The number of hydrogen-bond donors (Lipinski definition) is 0. The molecule has 0 aliphatic rings. The first-order chi connectivity index (χ1) is 16.5. The summed E-state index contributed by atoms with van der Waals surface area (Å²) in [6.45, 7) is 1.97. The monoisotopic (exact) mass is 465 g/mol. The molecule has 0 unspecified atom stereocenters. The molecule has 34 heavy (non-hydrogen) atoms. The molecule has 5 heteroatoms. The number of halogens is 1. The van der Waals surface area contributed by atoms with Gasteiger partial charge in [-0.3, -0.25) is 0 Å². The van der Waals surface area contributed by atoms with Crippen molar-refractivity contribution in [2.45, 2.75) is 6.92 Å². The molecule has 1 aromatic heterocycles. The van der Waals surface area contributed by atoms with Crippen LogP contribution in [0.15, 0.2) is 113 Å². The largest absolute Gasteiger partial charge is 0.456 e. The molecule has 5 rings (SSSR count). The number of esters is 1. The van der Waals surface area contributed by atoms with E-state index in [1.807, 2.05) is 67.6 Å². The molecule has 1 heterocycles.